The molecule has 1 aliphatic heterocycles. The summed E-state index contributed by atoms with van der Waals surface area (Å²) >= 11 is 0. The van der Waals surface area contributed by atoms with Gasteiger partial charge in [-0.2, -0.15) is 4.98 Å². The van der Waals surface area contributed by atoms with Crippen LogP contribution in [0, 0.1) is 0 Å². The topological polar surface area (TPSA) is 74.5 Å². The molecular formula is C12H16N2O4. The molecule has 1 aromatic heterocycles. The Bertz CT molecular complexity index is 449. The molecule has 0 atom stereocenters. The quantitative estimate of drug-likeness (QED) is 0.702. The molecule has 0 unspecified atom stereocenters. The van der Waals surface area contributed by atoms with Crippen LogP contribution in [0.15, 0.2) is 10.6 Å². The second-order valence-corrected chi connectivity index (χ2v) is 4.45. The first kappa shape index (κ1) is 12.9. The molecule has 2 rings (SSSR count). The van der Waals surface area contributed by atoms with Crippen molar-refractivity contribution >= 4 is 11.9 Å². The molecule has 1 aliphatic rings. The first-order chi connectivity index (χ1) is 8.64. The molecule has 0 N–H and O–H groups in total. The molecule has 0 aliphatic carbocycles. The summed E-state index contributed by atoms with van der Waals surface area (Å²) in [5.74, 6) is 0.809. The maximum Gasteiger partial charge on any atom is 0.250 e. The highest BCUT2D eigenvalue weighted by Crippen LogP contribution is 2.29. The Hall–Kier alpha value is -1.53. The molecular weight excluding hydrogens is 236 g/mol. The molecule has 18 heavy (non-hydrogen) atoms. The number of hydrogen-bond acceptors (Lipinski definition) is 6. The molecule has 0 saturated carbocycles. The molecule has 1 saturated heterocycles. The van der Waals surface area contributed by atoms with Crippen LogP contribution in [-0.4, -0.2) is 42.4 Å². The van der Waals surface area contributed by atoms with E-state index in [0.717, 1.165) is 0 Å². The third-order valence-electron chi connectivity index (χ3n) is 2.68. The van der Waals surface area contributed by atoms with Gasteiger partial charge in [0.15, 0.2) is 11.6 Å². The Balaban J connectivity index is 1.94. The van der Waals surface area contributed by atoms with Gasteiger partial charge >= 0.3 is 0 Å². The first-order valence-electron chi connectivity index (χ1n) is 5.84. The van der Waals surface area contributed by atoms with E-state index in [-0.39, 0.29) is 17.8 Å². The Morgan fingerprint density at radius 3 is 2.94 bits per heavy atom. The van der Waals surface area contributed by atoms with E-state index in [2.05, 4.69) is 10.1 Å². The van der Waals surface area contributed by atoms with Crippen LogP contribution < -0.4 is 0 Å². The van der Waals surface area contributed by atoms with Gasteiger partial charge in [0.25, 0.3) is 5.89 Å². The van der Waals surface area contributed by atoms with E-state index in [0.29, 0.717) is 31.5 Å². The van der Waals surface area contributed by atoms with Crippen LogP contribution in [0.2, 0.25) is 0 Å². The fourth-order valence-corrected chi connectivity index (χ4v) is 1.50. The van der Waals surface area contributed by atoms with E-state index in [1.807, 2.05) is 13.8 Å². The zero-order chi connectivity index (χ0) is 13.0. The highest BCUT2D eigenvalue weighted by atomic mass is 16.5. The molecule has 98 valence electrons. The number of carbonyl (C=O) groups excluding carboxylic acids is 1. The van der Waals surface area contributed by atoms with Crippen LogP contribution >= 0.6 is 0 Å². The van der Waals surface area contributed by atoms with Gasteiger partial charge in [0.05, 0.1) is 18.6 Å². The summed E-state index contributed by atoms with van der Waals surface area (Å²) in [5.41, 5.74) is -0.162. The summed E-state index contributed by atoms with van der Waals surface area (Å²) in [6.45, 7) is 5.62. The van der Waals surface area contributed by atoms with E-state index in [1.54, 1.807) is 0 Å². The number of rotatable bonds is 6. The monoisotopic (exact) mass is 252 g/mol. The minimum atomic E-state index is -0.162. The number of ether oxygens (including phenoxy) is 2. The normalized spacial score (nSPS) is 17.9. The predicted octanol–water partition coefficient (Wildman–Crippen LogP) is 0.976. The van der Waals surface area contributed by atoms with Gasteiger partial charge in [-0.1, -0.05) is 5.16 Å². The molecule has 0 bridgehead atoms. The molecule has 0 aromatic carbocycles. The summed E-state index contributed by atoms with van der Waals surface area (Å²) in [6.07, 6.45) is 2.88. The molecule has 0 spiro atoms. The Morgan fingerprint density at radius 2 is 2.33 bits per heavy atom. The van der Waals surface area contributed by atoms with Crippen LogP contribution in [0.1, 0.15) is 25.6 Å². The van der Waals surface area contributed by atoms with Crippen molar-refractivity contribution in [3.8, 4) is 0 Å². The lowest BCUT2D eigenvalue weighted by Crippen LogP contribution is -2.44. The smallest absolute Gasteiger partial charge is 0.250 e. The van der Waals surface area contributed by atoms with E-state index in [4.69, 9.17) is 14.0 Å². The van der Waals surface area contributed by atoms with Crippen molar-refractivity contribution in [2.45, 2.75) is 19.3 Å². The molecule has 0 amide bonds. The van der Waals surface area contributed by atoms with Crippen LogP contribution in [0.3, 0.4) is 0 Å². The number of aromatic nitrogens is 2. The molecule has 1 fully saturated rings. The number of hydrogen-bond donors (Lipinski definition) is 0. The number of nitrogens with zero attached hydrogens (tertiary/aromatic N) is 2. The molecule has 1 aromatic rings. The lowest BCUT2D eigenvalue weighted by molar-refractivity contribution is -0.118. The predicted molar refractivity (Wildman–Crippen MR) is 63.0 cm³/mol. The average Bonchev–Trinajstić information content (AvgIpc) is 2.80. The summed E-state index contributed by atoms with van der Waals surface area (Å²) < 4.78 is 15.2. The minimum absolute atomic E-state index is 0.0690. The summed E-state index contributed by atoms with van der Waals surface area (Å²) in [6, 6.07) is 0. The van der Waals surface area contributed by atoms with E-state index >= 15 is 0 Å². The third-order valence-corrected chi connectivity index (χ3v) is 2.68. The highest BCUT2D eigenvalue weighted by molar-refractivity contribution is 5.94. The van der Waals surface area contributed by atoms with Crippen LogP contribution in [-0.2, 0) is 19.7 Å². The SMILES string of the molecule is CCOCC(=O)/C=C/c1nc(C2(C)COC2)no1. The second kappa shape index (κ2) is 5.41. The van der Waals surface area contributed by atoms with Gasteiger partial charge in [-0.3, -0.25) is 4.79 Å². The van der Waals surface area contributed by atoms with Crippen LogP contribution in [0.5, 0.6) is 0 Å². The van der Waals surface area contributed by atoms with Crippen molar-refractivity contribution in [1.29, 1.82) is 0 Å². The zero-order valence-electron chi connectivity index (χ0n) is 10.5. The maximum absolute atomic E-state index is 11.3. The zero-order valence-corrected chi connectivity index (χ0v) is 10.5. The van der Waals surface area contributed by atoms with Gasteiger partial charge in [0, 0.05) is 12.7 Å². The standard InChI is InChI=1S/C12H16N2O4/c1-3-16-6-9(15)4-5-10-13-11(14-18-10)12(2)7-17-8-12/h4-5H,3,6-8H2,1-2H3/b5-4+. The maximum atomic E-state index is 11.3. The Kier molecular flexibility index (Phi) is 3.88. The number of carbonyl (C=O) groups is 1. The van der Waals surface area contributed by atoms with Crippen LogP contribution in [0.4, 0.5) is 0 Å². The fraction of sp³-hybridized carbons (Fsp3) is 0.583. The van der Waals surface area contributed by atoms with Gasteiger partial charge in [-0.15, -0.1) is 0 Å². The summed E-state index contributed by atoms with van der Waals surface area (Å²) in [4.78, 5) is 15.5. The van der Waals surface area contributed by atoms with Gasteiger partial charge in [0.2, 0.25) is 0 Å². The highest BCUT2D eigenvalue weighted by Gasteiger charge is 2.39. The van der Waals surface area contributed by atoms with Crippen molar-refractivity contribution in [3.05, 3.63) is 17.8 Å². The van der Waals surface area contributed by atoms with Crippen molar-refractivity contribution < 1.29 is 18.8 Å². The van der Waals surface area contributed by atoms with Gasteiger partial charge < -0.3 is 14.0 Å². The van der Waals surface area contributed by atoms with Crippen molar-refractivity contribution in [2.24, 2.45) is 0 Å². The lowest BCUT2D eigenvalue weighted by atomic mass is 9.88. The van der Waals surface area contributed by atoms with E-state index < -0.39 is 0 Å². The first-order valence-corrected chi connectivity index (χ1v) is 5.84. The van der Waals surface area contributed by atoms with E-state index in [1.165, 1.54) is 12.2 Å². The van der Waals surface area contributed by atoms with Crippen LogP contribution in [0.25, 0.3) is 6.08 Å². The van der Waals surface area contributed by atoms with Gasteiger partial charge in [-0.25, -0.2) is 0 Å². The lowest BCUT2D eigenvalue weighted by Gasteiger charge is -2.34. The summed E-state index contributed by atoms with van der Waals surface area (Å²) in [7, 11) is 0. The fourth-order valence-electron chi connectivity index (χ4n) is 1.50. The molecule has 2 heterocycles. The van der Waals surface area contributed by atoms with Gasteiger partial charge in [0.1, 0.15) is 6.61 Å². The average molecular weight is 252 g/mol. The number of ketones is 1. The minimum Gasteiger partial charge on any atom is -0.379 e. The van der Waals surface area contributed by atoms with Crippen molar-refractivity contribution in [3.63, 3.8) is 0 Å². The largest absolute Gasteiger partial charge is 0.379 e. The van der Waals surface area contributed by atoms with Gasteiger partial charge in [-0.05, 0) is 19.9 Å². The Morgan fingerprint density at radius 1 is 1.56 bits per heavy atom. The molecule has 6 heteroatoms. The molecule has 6 nitrogen and oxygen atoms in total. The van der Waals surface area contributed by atoms with Crippen molar-refractivity contribution in [1.82, 2.24) is 10.1 Å². The van der Waals surface area contributed by atoms with Crippen molar-refractivity contribution in [2.75, 3.05) is 26.4 Å². The molecule has 0 radical (unpaired) electrons. The van der Waals surface area contributed by atoms with E-state index in [9.17, 15) is 4.79 Å². The third kappa shape index (κ3) is 2.83. The summed E-state index contributed by atoms with van der Waals surface area (Å²) in [5, 5.41) is 3.89. The Labute approximate surface area is 105 Å². The second-order valence-electron chi connectivity index (χ2n) is 4.45.